The maximum atomic E-state index is 11.5. The standard InChI is InChI=1S/C16H20N4O3S/c21-20(22)14-15(17-9-8-13-7-4-10-24-13)18-11-19-16(14)23-12-5-2-1-3-6-12/h4,7,10-12H,1-3,5-6,8-9H2,(H,17,18,19). The summed E-state index contributed by atoms with van der Waals surface area (Å²) in [4.78, 5) is 20.3. The van der Waals surface area contributed by atoms with Crippen molar-refractivity contribution >= 4 is 22.8 Å². The molecule has 0 atom stereocenters. The van der Waals surface area contributed by atoms with E-state index in [1.807, 2.05) is 17.5 Å². The summed E-state index contributed by atoms with van der Waals surface area (Å²) in [6.45, 7) is 0.571. The molecule has 3 rings (SSSR count). The van der Waals surface area contributed by atoms with E-state index in [9.17, 15) is 10.1 Å². The van der Waals surface area contributed by atoms with Crippen LogP contribution >= 0.6 is 11.3 Å². The number of aromatic nitrogens is 2. The van der Waals surface area contributed by atoms with Gasteiger partial charge in [-0.3, -0.25) is 10.1 Å². The van der Waals surface area contributed by atoms with Crippen molar-refractivity contribution < 1.29 is 9.66 Å². The third-order valence-electron chi connectivity index (χ3n) is 4.05. The Morgan fingerprint density at radius 1 is 1.33 bits per heavy atom. The van der Waals surface area contributed by atoms with Gasteiger partial charge in [0.1, 0.15) is 12.4 Å². The zero-order chi connectivity index (χ0) is 16.8. The minimum Gasteiger partial charge on any atom is -0.469 e. The maximum absolute atomic E-state index is 11.5. The Labute approximate surface area is 144 Å². The SMILES string of the molecule is O=[N+]([O-])c1c(NCCc2cccs2)ncnc1OC1CCCCC1. The third-order valence-corrected chi connectivity index (χ3v) is 4.98. The molecule has 24 heavy (non-hydrogen) atoms. The molecule has 1 fully saturated rings. The second kappa shape index (κ2) is 8.05. The first-order chi connectivity index (χ1) is 11.7. The van der Waals surface area contributed by atoms with E-state index in [0.29, 0.717) is 6.54 Å². The molecule has 0 bridgehead atoms. The minimum atomic E-state index is -0.467. The molecule has 2 aromatic rings. The summed E-state index contributed by atoms with van der Waals surface area (Å²) in [5.74, 6) is 0.290. The van der Waals surface area contributed by atoms with Crippen LogP contribution in [0.4, 0.5) is 11.5 Å². The Bertz CT molecular complexity index is 672. The fourth-order valence-corrected chi connectivity index (χ4v) is 3.55. The molecule has 2 heterocycles. The average molecular weight is 348 g/mol. The van der Waals surface area contributed by atoms with E-state index in [4.69, 9.17) is 4.74 Å². The van der Waals surface area contributed by atoms with E-state index in [-0.39, 0.29) is 23.5 Å². The van der Waals surface area contributed by atoms with Crippen LogP contribution in [-0.4, -0.2) is 27.5 Å². The van der Waals surface area contributed by atoms with Crippen molar-refractivity contribution in [1.29, 1.82) is 0 Å². The lowest BCUT2D eigenvalue weighted by Gasteiger charge is -2.22. The lowest BCUT2D eigenvalue weighted by molar-refractivity contribution is -0.385. The maximum Gasteiger partial charge on any atom is 0.372 e. The molecule has 128 valence electrons. The molecular formula is C16H20N4O3S. The van der Waals surface area contributed by atoms with Crippen molar-refractivity contribution in [2.45, 2.75) is 44.6 Å². The van der Waals surface area contributed by atoms with Crippen LogP contribution in [0, 0.1) is 10.1 Å². The van der Waals surface area contributed by atoms with Crippen LogP contribution in [-0.2, 0) is 6.42 Å². The van der Waals surface area contributed by atoms with Gasteiger partial charge in [0.05, 0.1) is 4.92 Å². The Balaban J connectivity index is 1.70. The van der Waals surface area contributed by atoms with E-state index in [1.54, 1.807) is 11.3 Å². The molecule has 2 aromatic heterocycles. The summed E-state index contributed by atoms with van der Waals surface area (Å²) in [6, 6.07) is 4.03. The van der Waals surface area contributed by atoms with E-state index < -0.39 is 4.92 Å². The Morgan fingerprint density at radius 3 is 2.88 bits per heavy atom. The summed E-state index contributed by atoms with van der Waals surface area (Å²) >= 11 is 1.66. The summed E-state index contributed by atoms with van der Waals surface area (Å²) in [5, 5.41) is 16.5. The number of rotatable bonds is 7. The molecule has 0 unspecified atom stereocenters. The molecule has 1 saturated carbocycles. The van der Waals surface area contributed by atoms with E-state index >= 15 is 0 Å². The molecular weight excluding hydrogens is 328 g/mol. The van der Waals surface area contributed by atoms with Crippen LogP contribution in [0.2, 0.25) is 0 Å². The first-order valence-electron chi connectivity index (χ1n) is 8.16. The van der Waals surface area contributed by atoms with Gasteiger partial charge in [-0.1, -0.05) is 12.5 Å². The topological polar surface area (TPSA) is 90.2 Å². The minimum absolute atomic E-state index is 0.00585. The van der Waals surface area contributed by atoms with Crippen LogP contribution in [0.3, 0.4) is 0 Å². The van der Waals surface area contributed by atoms with Gasteiger partial charge >= 0.3 is 5.69 Å². The van der Waals surface area contributed by atoms with Gasteiger partial charge in [-0.2, -0.15) is 4.98 Å². The molecule has 1 N–H and O–H groups in total. The van der Waals surface area contributed by atoms with Gasteiger partial charge in [-0.15, -0.1) is 11.3 Å². The van der Waals surface area contributed by atoms with Gasteiger partial charge in [0.2, 0.25) is 5.82 Å². The highest BCUT2D eigenvalue weighted by Gasteiger charge is 2.27. The first kappa shape index (κ1) is 16.6. The largest absolute Gasteiger partial charge is 0.469 e. The molecule has 7 nitrogen and oxygen atoms in total. The fourth-order valence-electron chi connectivity index (χ4n) is 2.84. The molecule has 0 aliphatic heterocycles. The van der Waals surface area contributed by atoms with Crippen molar-refractivity contribution in [2.75, 3.05) is 11.9 Å². The number of ether oxygens (including phenoxy) is 1. The van der Waals surface area contributed by atoms with Gasteiger partial charge < -0.3 is 10.1 Å². The van der Waals surface area contributed by atoms with Crippen LogP contribution in [0.5, 0.6) is 5.88 Å². The van der Waals surface area contributed by atoms with Gasteiger partial charge in [-0.25, -0.2) is 4.98 Å². The normalized spacial score (nSPS) is 15.2. The smallest absolute Gasteiger partial charge is 0.372 e. The Kier molecular flexibility index (Phi) is 5.58. The highest BCUT2D eigenvalue weighted by atomic mass is 32.1. The lowest BCUT2D eigenvalue weighted by Crippen LogP contribution is -2.21. The second-order valence-corrected chi connectivity index (χ2v) is 6.80. The van der Waals surface area contributed by atoms with Crippen LogP contribution < -0.4 is 10.1 Å². The number of nitrogens with one attached hydrogen (secondary N) is 1. The predicted octanol–water partition coefficient (Wildman–Crippen LogP) is 3.81. The number of hydrogen-bond donors (Lipinski definition) is 1. The van der Waals surface area contributed by atoms with Gasteiger partial charge in [0.15, 0.2) is 0 Å². The summed E-state index contributed by atoms with van der Waals surface area (Å²) in [7, 11) is 0. The molecule has 0 amide bonds. The number of nitrogens with zero attached hydrogens (tertiary/aromatic N) is 3. The number of hydrogen-bond acceptors (Lipinski definition) is 7. The highest BCUT2D eigenvalue weighted by molar-refractivity contribution is 7.09. The summed E-state index contributed by atoms with van der Waals surface area (Å²) in [5.41, 5.74) is -0.172. The van der Waals surface area contributed by atoms with Crippen molar-refractivity contribution in [2.24, 2.45) is 0 Å². The lowest BCUT2D eigenvalue weighted by atomic mass is 9.98. The number of anilines is 1. The molecule has 1 aliphatic carbocycles. The van der Waals surface area contributed by atoms with Crippen molar-refractivity contribution in [3.8, 4) is 5.88 Å². The number of nitro groups is 1. The monoisotopic (exact) mass is 348 g/mol. The molecule has 0 aromatic carbocycles. The van der Waals surface area contributed by atoms with Crippen molar-refractivity contribution in [3.05, 3.63) is 38.8 Å². The van der Waals surface area contributed by atoms with Crippen LogP contribution in [0.1, 0.15) is 37.0 Å². The van der Waals surface area contributed by atoms with E-state index in [0.717, 1.165) is 32.1 Å². The molecule has 8 heteroatoms. The fraction of sp³-hybridized carbons (Fsp3) is 0.500. The Hall–Kier alpha value is -2.22. The highest BCUT2D eigenvalue weighted by Crippen LogP contribution is 2.33. The number of thiophene rings is 1. The zero-order valence-corrected chi connectivity index (χ0v) is 14.1. The van der Waals surface area contributed by atoms with Gasteiger partial charge in [0, 0.05) is 11.4 Å². The van der Waals surface area contributed by atoms with Crippen LogP contribution in [0.25, 0.3) is 0 Å². The van der Waals surface area contributed by atoms with Gasteiger partial charge in [0.25, 0.3) is 5.88 Å². The average Bonchev–Trinajstić information content (AvgIpc) is 3.09. The van der Waals surface area contributed by atoms with E-state index in [1.165, 1.54) is 17.6 Å². The Morgan fingerprint density at radius 2 is 2.17 bits per heavy atom. The quantitative estimate of drug-likeness (QED) is 0.604. The molecule has 1 aliphatic rings. The van der Waals surface area contributed by atoms with Crippen molar-refractivity contribution in [1.82, 2.24) is 9.97 Å². The van der Waals surface area contributed by atoms with Crippen molar-refractivity contribution in [3.63, 3.8) is 0 Å². The van der Waals surface area contributed by atoms with Gasteiger partial charge in [-0.05, 0) is 43.6 Å². The predicted molar refractivity (Wildman–Crippen MR) is 92.7 cm³/mol. The first-order valence-corrected chi connectivity index (χ1v) is 9.04. The second-order valence-electron chi connectivity index (χ2n) is 5.77. The molecule has 0 radical (unpaired) electrons. The summed E-state index contributed by atoms with van der Waals surface area (Å²) in [6.07, 6.45) is 7.33. The third kappa shape index (κ3) is 4.19. The summed E-state index contributed by atoms with van der Waals surface area (Å²) < 4.78 is 5.81. The van der Waals surface area contributed by atoms with Crippen LogP contribution in [0.15, 0.2) is 23.8 Å². The van der Waals surface area contributed by atoms with E-state index in [2.05, 4.69) is 15.3 Å². The zero-order valence-electron chi connectivity index (χ0n) is 13.3. The molecule has 0 saturated heterocycles. The molecule has 0 spiro atoms.